The van der Waals surface area contributed by atoms with Crippen LogP contribution in [0, 0.1) is 18.3 Å². The van der Waals surface area contributed by atoms with Gasteiger partial charge in [0.1, 0.15) is 5.54 Å². The van der Waals surface area contributed by atoms with E-state index in [2.05, 4.69) is 18.2 Å². The Morgan fingerprint density at radius 1 is 1.53 bits per heavy atom. The van der Waals surface area contributed by atoms with Crippen LogP contribution in [0.1, 0.15) is 33.6 Å². The Bertz CT molecular complexity index is 269. The van der Waals surface area contributed by atoms with Gasteiger partial charge in [-0.15, -0.1) is 6.42 Å². The molecule has 0 aromatic heterocycles. The van der Waals surface area contributed by atoms with E-state index in [1.54, 1.807) is 11.8 Å². The van der Waals surface area contributed by atoms with E-state index in [-0.39, 0.29) is 5.91 Å². The topological polar surface area (TPSA) is 55.1 Å². The fourth-order valence-electron chi connectivity index (χ4n) is 1.39. The molecule has 98 valence electrons. The molecular formula is C13H24N2OS. The molecule has 0 bridgehead atoms. The molecular weight excluding hydrogens is 232 g/mol. The predicted octanol–water partition coefficient (Wildman–Crippen LogP) is 1.62. The molecule has 4 heteroatoms. The lowest BCUT2D eigenvalue weighted by molar-refractivity contribution is -0.119. The maximum Gasteiger partial charge on any atom is 0.231 e. The Morgan fingerprint density at radius 3 is 2.53 bits per heavy atom. The van der Waals surface area contributed by atoms with E-state index in [1.165, 1.54) is 0 Å². The summed E-state index contributed by atoms with van der Waals surface area (Å²) in [5, 5.41) is 2.94. The molecule has 0 fully saturated rings. The van der Waals surface area contributed by atoms with Crippen LogP contribution in [0.25, 0.3) is 0 Å². The first-order valence-electron chi connectivity index (χ1n) is 6.10. The van der Waals surface area contributed by atoms with Crippen LogP contribution in [-0.2, 0) is 4.79 Å². The number of amides is 1. The molecule has 17 heavy (non-hydrogen) atoms. The highest BCUT2D eigenvalue weighted by Gasteiger charge is 2.24. The smallest absolute Gasteiger partial charge is 0.231 e. The summed E-state index contributed by atoms with van der Waals surface area (Å²) < 4.78 is 0. The van der Waals surface area contributed by atoms with Gasteiger partial charge in [0.05, 0.1) is 5.75 Å². The van der Waals surface area contributed by atoms with Gasteiger partial charge in [-0.3, -0.25) is 4.79 Å². The van der Waals surface area contributed by atoms with Crippen molar-refractivity contribution in [2.45, 2.75) is 39.2 Å². The van der Waals surface area contributed by atoms with Crippen LogP contribution < -0.4 is 11.1 Å². The van der Waals surface area contributed by atoms with Crippen LogP contribution in [0.2, 0.25) is 0 Å². The Morgan fingerprint density at radius 2 is 2.12 bits per heavy atom. The first-order chi connectivity index (χ1) is 8.03. The molecule has 1 amide bonds. The molecule has 0 aliphatic carbocycles. The van der Waals surface area contributed by atoms with E-state index >= 15 is 0 Å². The number of terminal acetylenes is 1. The minimum atomic E-state index is -0.475. The standard InChI is InChI=1S/C13H24N2OS/c1-5-13(6-2,7-3)15-12(16)10-17-9-11(4)8-14/h1,11H,6-10,14H2,2-4H3,(H,15,16). The van der Waals surface area contributed by atoms with E-state index < -0.39 is 5.54 Å². The maximum atomic E-state index is 11.7. The summed E-state index contributed by atoms with van der Waals surface area (Å²) >= 11 is 1.61. The molecule has 0 aliphatic rings. The molecule has 0 heterocycles. The zero-order valence-corrected chi connectivity index (χ0v) is 11.9. The van der Waals surface area contributed by atoms with Gasteiger partial charge in [0.15, 0.2) is 0 Å². The number of carbonyl (C=O) groups is 1. The lowest BCUT2D eigenvalue weighted by Gasteiger charge is -2.27. The van der Waals surface area contributed by atoms with Crippen molar-refractivity contribution in [3.05, 3.63) is 0 Å². The largest absolute Gasteiger partial charge is 0.339 e. The third-order valence-corrected chi connectivity index (χ3v) is 4.17. The zero-order valence-electron chi connectivity index (χ0n) is 11.1. The van der Waals surface area contributed by atoms with Crippen LogP contribution in [0.3, 0.4) is 0 Å². The first-order valence-corrected chi connectivity index (χ1v) is 7.25. The van der Waals surface area contributed by atoms with Gasteiger partial charge in [-0.05, 0) is 31.1 Å². The van der Waals surface area contributed by atoms with E-state index in [1.807, 2.05) is 13.8 Å². The molecule has 0 spiro atoms. The minimum absolute atomic E-state index is 0.0147. The van der Waals surface area contributed by atoms with E-state index in [0.717, 1.165) is 18.6 Å². The number of thioether (sulfide) groups is 1. The van der Waals surface area contributed by atoms with Crippen molar-refractivity contribution in [2.75, 3.05) is 18.1 Å². The minimum Gasteiger partial charge on any atom is -0.339 e. The molecule has 1 atom stereocenters. The van der Waals surface area contributed by atoms with Gasteiger partial charge in [0.25, 0.3) is 0 Å². The second kappa shape index (κ2) is 8.43. The van der Waals surface area contributed by atoms with Crippen LogP contribution in [0.5, 0.6) is 0 Å². The maximum absolute atomic E-state index is 11.7. The zero-order chi connectivity index (χ0) is 13.3. The average Bonchev–Trinajstić information content (AvgIpc) is 2.36. The van der Waals surface area contributed by atoms with Crippen molar-refractivity contribution in [1.82, 2.24) is 5.32 Å². The van der Waals surface area contributed by atoms with Crippen molar-refractivity contribution in [3.8, 4) is 12.3 Å². The van der Waals surface area contributed by atoms with Crippen molar-refractivity contribution in [1.29, 1.82) is 0 Å². The summed E-state index contributed by atoms with van der Waals surface area (Å²) in [5.41, 5.74) is 5.04. The van der Waals surface area contributed by atoms with Gasteiger partial charge in [0, 0.05) is 0 Å². The summed E-state index contributed by atoms with van der Waals surface area (Å²) in [6.45, 7) is 6.72. The van der Waals surface area contributed by atoms with Crippen LogP contribution in [-0.4, -0.2) is 29.5 Å². The number of hydrogen-bond acceptors (Lipinski definition) is 3. The highest BCUT2D eigenvalue weighted by molar-refractivity contribution is 7.99. The lowest BCUT2D eigenvalue weighted by atomic mass is 9.94. The normalized spacial score (nSPS) is 12.9. The van der Waals surface area contributed by atoms with E-state index in [4.69, 9.17) is 12.2 Å². The molecule has 0 rings (SSSR count). The molecule has 0 aliphatic heterocycles. The fraction of sp³-hybridized carbons (Fsp3) is 0.769. The van der Waals surface area contributed by atoms with Crippen molar-refractivity contribution in [2.24, 2.45) is 11.7 Å². The highest BCUT2D eigenvalue weighted by Crippen LogP contribution is 2.14. The Balaban J connectivity index is 4.05. The second-order valence-electron chi connectivity index (χ2n) is 4.34. The fourth-order valence-corrected chi connectivity index (χ4v) is 2.30. The average molecular weight is 256 g/mol. The highest BCUT2D eigenvalue weighted by atomic mass is 32.2. The quantitative estimate of drug-likeness (QED) is 0.649. The number of carbonyl (C=O) groups excluding carboxylic acids is 1. The molecule has 1 unspecified atom stereocenters. The summed E-state index contributed by atoms with van der Waals surface area (Å²) in [7, 11) is 0. The van der Waals surface area contributed by atoms with Crippen molar-refractivity contribution < 1.29 is 4.79 Å². The summed E-state index contributed by atoms with van der Waals surface area (Å²) in [5.74, 6) is 4.52. The number of rotatable bonds is 8. The third-order valence-electron chi connectivity index (χ3n) is 2.90. The monoisotopic (exact) mass is 256 g/mol. The van der Waals surface area contributed by atoms with Crippen molar-refractivity contribution in [3.63, 3.8) is 0 Å². The SMILES string of the molecule is C#CC(CC)(CC)NC(=O)CSCC(C)CN. The van der Waals surface area contributed by atoms with E-state index in [9.17, 15) is 4.79 Å². The third kappa shape index (κ3) is 5.99. The molecule has 0 saturated heterocycles. The van der Waals surface area contributed by atoms with Gasteiger partial charge in [0.2, 0.25) is 5.91 Å². The Kier molecular flexibility index (Phi) is 8.11. The summed E-state index contributed by atoms with van der Waals surface area (Å²) in [6, 6.07) is 0. The van der Waals surface area contributed by atoms with Gasteiger partial charge >= 0.3 is 0 Å². The van der Waals surface area contributed by atoms with Gasteiger partial charge in [-0.2, -0.15) is 11.8 Å². The summed E-state index contributed by atoms with van der Waals surface area (Å²) in [4.78, 5) is 11.7. The van der Waals surface area contributed by atoms with Gasteiger partial charge < -0.3 is 11.1 Å². The second-order valence-corrected chi connectivity index (χ2v) is 5.37. The predicted molar refractivity (Wildman–Crippen MR) is 75.8 cm³/mol. The first kappa shape index (κ1) is 16.3. The van der Waals surface area contributed by atoms with Crippen LogP contribution >= 0.6 is 11.8 Å². The van der Waals surface area contributed by atoms with Gasteiger partial charge in [-0.1, -0.05) is 26.7 Å². The summed E-state index contributed by atoms with van der Waals surface area (Å²) in [6.07, 6.45) is 7.01. The molecule has 0 saturated carbocycles. The Hall–Kier alpha value is -0.660. The Labute approximate surface area is 109 Å². The molecule has 0 aromatic rings. The van der Waals surface area contributed by atoms with Gasteiger partial charge in [-0.25, -0.2) is 0 Å². The van der Waals surface area contributed by atoms with E-state index in [0.29, 0.717) is 18.2 Å². The molecule has 0 radical (unpaired) electrons. The molecule has 3 nitrogen and oxygen atoms in total. The number of nitrogens with one attached hydrogen (secondary N) is 1. The van der Waals surface area contributed by atoms with Crippen molar-refractivity contribution >= 4 is 17.7 Å². The molecule has 3 N–H and O–H groups in total. The number of nitrogens with two attached hydrogens (primary N) is 1. The number of hydrogen-bond donors (Lipinski definition) is 2. The van der Waals surface area contributed by atoms with Crippen LogP contribution in [0.15, 0.2) is 0 Å². The lowest BCUT2D eigenvalue weighted by Crippen LogP contribution is -2.47. The molecule has 0 aromatic carbocycles. The van der Waals surface area contributed by atoms with Crippen LogP contribution in [0.4, 0.5) is 0 Å².